The second-order valence-electron chi connectivity index (χ2n) is 7.30. The number of nitrogens with zero attached hydrogens (tertiary/aromatic N) is 1. The average molecular weight is 431 g/mol. The van der Waals surface area contributed by atoms with E-state index in [1.165, 1.54) is 12.1 Å². The minimum atomic E-state index is -0.538. The highest BCUT2D eigenvalue weighted by atomic mass is 35.5. The molecular weight excluding hydrogens is 404 g/mol. The first-order valence-corrected chi connectivity index (χ1v) is 10.0. The molecule has 6 nitrogen and oxygen atoms in total. The molecule has 0 saturated carbocycles. The predicted octanol–water partition coefficient (Wildman–Crippen LogP) is 4.46. The van der Waals surface area contributed by atoms with Crippen LogP contribution in [0, 0.1) is 12.3 Å². The van der Waals surface area contributed by atoms with Crippen molar-refractivity contribution < 1.29 is 19.7 Å². The molecule has 2 aromatic carbocycles. The van der Waals surface area contributed by atoms with Crippen molar-refractivity contribution in [2.45, 2.75) is 26.2 Å². The average Bonchev–Trinajstić information content (AvgIpc) is 2.67. The Bertz CT molecular complexity index is 938. The second-order valence-corrected chi connectivity index (χ2v) is 7.68. The highest BCUT2D eigenvalue weighted by Crippen LogP contribution is 2.35. The molecule has 3 N–H and O–H groups in total. The lowest BCUT2D eigenvalue weighted by Gasteiger charge is -2.16. The first-order valence-electron chi connectivity index (χ1n) is 9.65. The number of phenolic OH excluding ortho intramolecular Hbond substituents is 2. The molecule has 30 heavy (non-hydrogen) atoms. The number of halogens is 1. The van der Waals surface area contributed by atoms with Gasteiger partial charge in [-0.3, -0.25) is 9.69 Å². The normalized spacial score (nSPS) is 10.8. The van der Waals surface area contributed by atoms with Gasteiger partial charge in [0.2, 0.25) is 0 Å². The number of hydrogen-bond acceptors (Lipinski definition) is 5. The standard InChI is InChI=1S/C23H27ClN2O4/c1-5-10-26(4)11-7-12-30-21-9-6-8-18(22(21)24)25-23(29)17-13-16(15(2)3)19(27)14-20(17)28/h1,6,8-9,13-15,27-28H,7,10-12H2,2-4H3,(H,25,29). The Kier molecular flexibility index (Phi) is 8.40. The highest BCUT2D eigenvalue weighted by Gasteiger charge is 2.18. The molecule has 2 aromatic rings. The minimum Gasteiger partial charge on any atom is -0.508 e. The Morgan fingerprint density at radius 3 is 2.70 bits per heavy atom. The van der Waals surface area contributed by atoms with Gasteiger partial charge < -0.3 is 20.3 Å². The van der Waals surface area contributed by atoms with Crippen molar-refractivity contribution in [2.24, 2.45) is 0 Å². The van der Waals surface area contributed by atoms with Crippen LogP contribution in [0.4, 0.5) is 5.69 Å². The molecule has 0 aliphatic carbocycles. The van der Waals surface area contributed by atoms with Crippen molar-refractivity contribution in [3.63, 3.8) is 0 Å². The highest BCUT2D eigenvalue weighted by molar-refractivity contribution is 6.35. The number of phenols is 2. The van der Waals surface area contributed by atoms with Crippen LogP contribution in [0.15, 0.2) is 30.3 Å². The maximum Gasteiger partial charge on any atom is 0.259 e. The second kappa shape index (κ2) is 10.8. The topological polar surface area (TPSA) is 82.0 Å². The third-order valence-electron chi connectivity index (χ3n) is 4.53. The third-order valence-corrected chi connectivity index (χ3v) is 4.92. The minimum absolute atomic E-state index is 0.0165. The van der Waals surface area contributed by atoms with Crippen LogP contribution < -0.4 is 10.1 Å². The van der Waals surface area contributed by atoms with Gasteiger partial charge in [-0.2, -0.15) is 0 Å². The molecule has 160 valence electrons. The zero-order valence-corrected chi connectivity index (χ0v) is 18.2. The van der Waals surface area contributed by atoms with Crippen LogP contribution >= 0.6 is 11.6 Å². The van der Waals surface area contributed by atoms with Gasteiger partial charge >= 0.3 is 0 Å². The lowest BCUT2D eigenvalue weighted by atomic mass is 9.98. The van der Waals surface area contributed by atoms with Crippen molar-refractivity contribution in [3.8, 4) is 29.6 Å². The number of benzene rings is 2. The Hall–Kier alpha value is -2.88. The van der Waals surface area contributed by atoms with Crippen molar-refractivity contribution in [1.82, 2.24) is 4.90 Å². The summed E-state index contributed by atoms with van der Waals surface area (Å²) in [5.74, 6) is 2.11. The number of aromatic hydroxyl groups is 2. The smallest absolute Gasteiger partial charge is 0.259 e. The van der Waals surface area contributed by atoms with E-state index in [0.717, 1.165) is 13.0 Å². The summed E-state index contributed by atoms with van der Waals surface area (Å²) in [5, 5.41) is 23.0. The molecule has 0 unspecified atom stereocenters. The number of hydrogen-bond donors (Lipinski definition) is 3. The molecule has 7 heteroatoms. The summed E-state index contributed by atoms with van der Waals surface area (Å²) in [6.07, 6.45) is 6.05. The fourth-order valence-corrected chi connectivity index (χ4v) is 3.13. The number of nitrogens with one attached hydrogen (secondary N) is 1. The summed E-state index contributed by atoms with van der Waals surface area (Å²) in [4.78, 5) is 14.7. The summed E-state index contributed by atoms with van der Waals surface area (Å²) < 4.78 is 5.74. The maximum atomic E-state index is 12.7. The molecule has 0 aromatic heterocycles. The van der Waals surface area contributed by atoms with Gasteiger partial charge in [-0.15, -0.1) is 6.42 Å². The number of ether oxygens (including phenoxy) is 1. The molecule has 0 aliphatic rings. The Morgan fingerprint density at radius 2 is 2.03 bits per heavy atom. The van der Waals surface area contributed by atoms with Gasteiger partial charge in [-0.1, -0.05) is 37.4 Å². The van der Waals surface area contributed by atoms with Gasteiger partial charge in [-0.25, -0.2) is 0 Å². The number of amides is 1. The van der Waals surface area contributed by atoms with Gasteiger partial charge in [-0.05, 0) is 43.1 Å². The Balaban J connectivity index is 2.09. The lowest BCUT2D eigenvalue weighted by Crippen LogP contribution is -2.21. The van der Waals surface area contributed by atoms with E-state index >= 15 is 0 Å². The molecular formula is C23H27ClN2O4. The molecule has 0 spiro atoms. The van der Waals surface area contributed by atoms with E-state index in [2.05, 4.69) is 11.2 Å². The van der Waals surface area contributed by atoms with E-state index < -0.39 is 5.91 Å². The van der Waals surface area contributed by atoms with E-state index in [4.69, 9.17) is 22.8 Å². The molecule has 0 aliphatic heterocycles. The maximum absolute atomic E-state index is 12.7. The summed E-state index contributed by atoms with van der Waals surface area (Å²) in [6, 6.07) is 7.73. The third kappa shape index (κ3) is 6.06. The first-order chi connectivity index (χ1) is 14.2. The van der Waals surface area contributed by atoms with Crippen molar-refractivity contribution >= 4 is 23.2 Å². The van der Waals surface area contributed by atoms with Crippen LogP contribution in [0.2, 0.25) is 5.02 Å². The van der Waals surface area contributed by atoms with Crippen LogP contribution in [0.5, 0.6) is 17.2 Å². The number of anilines is 1. The van der Waals surface area contributed by atoms with Crippen LogP contribution in [-0.4, -0.2) is 47.8 Å². The quantitative estimate of drug-likeness (QED) is 0.404. The van der Waals surface area contributed by atoms with Crippen LogP contribution in [0.25, 0.3) is 0 Å². The predicted molar refractivity (Wildman–Crippen MR) is 120 cm³/mol. The number of carbonyl (C=O) groups is 1. The molecule has 0 radical (unpaired) electrons. The lowest BCUT2D eigenvalue weighted by molar-refractivity contribution is 0.102. The van der Waals surface area contributed by atoms with Crippen LogP contribution in [0.1, 0.15) is 42.1 Å². The molecule has 2 rings (SSSR count). The van der Waals surface area contributed by atoms with Crippen molar-refractivity contribution in [1.29, 1.82) is 0 Å². The summed E-state index contributed by atoms with van der Waals surface area (Å²) in [7, 11) is 1.94. The van der Waals surface area contributed by atoms with Crippen LogP contribution in [0.3, 0.4) is 0 Å². The molecule has 1 amide bonds. The van der Waals surface area contributed by atoms with E-state index in [9.17, 15) is 15.0 Å². The Labute approximate surface area is 182 Å². The molecule has 0 atom stereocenters. The van der Waals surface area contributed by atoms with Gasteiger partial charge in [0.25, 0.3) is 5.91 Å². The van der Waals surface area contributed by atoms with Crippen molar-refractivity contribution in [2.75, 3.05) is 32.1 Å². The molecule has 0 heterocycles. The van der Waals surface area contributed by atoms with Gasteiger partial charge in [0.15, 0.2) is 0 Å². The largest absolute Gasteiger partial charge is 0.508 e. The zero-order valence-electron chi connectivity index (χ0n) is 17.4. The van der Waals surface area contributed by atoms with Crippen molar-refractivity contribution in [3.05, 3.63) is 46.5 Å². The van der Waals surface area contributed by atoms with E-state index in [0.29, 0.717) is 30.2 Å². The number of terminal acetylenes is 1. The first kappa shape index (κ1) is 23.4. The summed E-state index contributed by atoms with van der Waals surface area (Å²) in [5.41, 5.74) is 0.980. The summed E-state index contributed by atoms with van der Waals surface area (Å²) >= 11 is 6.40. The van der Waals surface area contributed by atoms with E-state index in [1.807, 2.05) is 25.8 Å². The van der Waals surface area contributed by atoms with Gasteiger partial charge in [0, 0.05) is 12.6 Å². The molecule has 0 bridgehead atoms. The van der Waals surface area contributed by atoms with E-state index in [-0.39, 0.29) is 28.0 Å². The van der Waals surface area contributed by atoms with Gasteiger partial charge in [0.05, 0.1) is 24.4 Å². The van der Waals surface area contributed by atoms with Crippen LogP contribution in [-0.2, 0) is 0 Å². The SMILES string of the molecule is C#CCN(C)CCCOc1cccc(NC(=O)c2cc(C(C)C)c(O)cc2O)c1Cl. The molecule has 0 fully saturated rings. The fraction of sp³-hybridized carbons (Fsp3) is 0.348. The van der Waals surface area contributed by atoms with Gasteiger partial charge in [0.1, 0.15) is 22.3 Å². The Morgan fingerprint density at radius 1 is 1.30 bits per heavy atom. The zero-order chi connectivity index (χ0) is 22.3. The molecule has 0 saturated heterocycles. The number of carbonyl (C=O) groups excluding carboxylic acids is 1. The number of rotatable bonds is 9. The summed E-state index contributed by atoms with van der Waals surface area (Å²) in [6.45, 7) is 5.58. The van der Waals surface area contributed by atoms with E-state index in [1.54, 1.807) is 18.2 Å². The fourth-order valence-electron chi connectivity index (χ4n) is 2.90. The monoisotopic (exact) mass is 430 g/mol.